The van der Waals surface area contributed by atoms with Crippen LogP contribution in [-0.4, -0.2) is 17.2 Å². The fourth-order valence-corrected chi connectivity index (χ4v) is 1.93. The van der Waals surface area contributed by atoms with E-state index in [1.165, 1.54) is 12.1 Å². The summed E-state index contributed by atoms with van der Waals surface area (Å²) >= 11 is 5.04. The summed E-state index contributed by atoms with van der Waals surface area (Å²) in [5.41, 5.74) is 1.25. The molecule has 2 amide bonds. The van der Waals surface area contributed by atoms with Crippen LogP contribution in [0.15, 0.2) is 54.6 Å². The topological polar surface area (TPSA) is 70.2 Å². The Balaban J connectivity index is 1.97. The number of carbonyl (C=O) groups excluding carboxylic acids is 2. The van der Waals surface area contributed by atoms with Crippen LogP contribution in [0.1, 0.15) is 10.4 Å². The van der Waals surface area contributed by atoms with Gasteiger partial charge in [0.2, 0.25) is 0 Å². The molecule has 0 aliphatic rings. The first-order chi connectivity index (χ1) is 10.5. The van der Waals surface area contributed by atoms with Gasteiger partial charge in [-0.05, 0) is 42.5 Å². The molecule has 0 unspecified atom stereocenters. The minimum Gasteiger partial charge on any atom is -0.332 e. The SMILES string of the molecule is O=C(F)Nc1cccc(NC(=S)NC(=O)c2ccccc2)c1. The Hall–Kier alpha value is -2.80. The first-order valence-electron chi connectivity index (χ1n) is 6.28. The molecule has 0 aromatic heterocycles. The van der Waals surface area contributed by atoms with Crippen molar-refractivity contribution in [2.24, 2.45) is 0 Å². The van der Waals surface area contributed by atoms with Crippen LogP contribution in [0, 0.1) is 0 Å². The number of anilines is 2. The molecule has 0 fully saturated rings. The van der Waals surface area contributed by atoms with Crippen LogP contribution in [0.25, 0.3) is 0 Å². The van der Waals surface area contributed by atoms with Crippen molar-refractivity contribution in [3.05, 3.63) is 60.2 Å². The molecular formula is C15H12FN3O2S. The molecule has 0 aliphatic heterocycles. The van der Waals surface area contributed by atoms with Gasteiger partial charge in [0.1, 0.15) is 0 Å². The van der Waals surface area contributed by atoms with Crippen molar-refractivity contribution in [1.82, 2.24) is 5.32 Å². The van der Waals surface area contributed by atoms with E-state index >= 15 is 0 Å². The number of thiocarbonyl (C=S) groups is 1. The lowest BCUT2D eigenvalue weighted by Crippen LogP contribution is -2.34. The summed E-state index contributed by atoms with van der Waals surface area (Å²) in [6.07, 6.45) is -1.66. The first kappa shape index (κ1) is 15.6. The molecule has 7 heteroatoms. The fourth-order valence-electron chi connectivity index (χ4n) is 1.72. The average Bonchev–Trinajstić information content (AvgIpc) is 2.47. The van der Waals surface area contributed by atoms with Gasteiger partial charge in [0.25, 0.3) is 5.91 Å². The molecular weight excluding hydrogens is 305 g/mol. The van der Waals surface area contributed by atoms with Gasteiger partial charge in [0.05, 0.1) is 0 Å². The van der Waals surface area contributed by atoms with Crippen LogP contribution in [0.2, 0.25) is 0 Å². The second-order valence-electron chi connectivity index (χ2n) is 4.25. The Labute approximate surface area is 131 Å². The smallest absolute Gasteiger partial charge is 0.332 e. The standard InChI is InChI=1S/C15H12FN3O2S/c16-14(21)17-11-7-4-8-12(9-11)18-15(22)19-13(20)10-5-2-1-3-6-10/h1-9H,(H,17,21)(H2,18,19,20,22). The Morgan fingerprint density at radius 1 is 0.909 bits per heavy atom. The number of hydrogen-bond acceptors (Lipinski definition) is 3. The van der Waals surface area contributed by atoms with Crippen molar-refractivity contribution in [1.29, 1.82) is 0 Å². The van der Waals surface area contributed by atoms with E-state index < -0.39 is 6.16 Å². The van der Waals surface area contributed by atoms with Crippen LogP contribution in [-0.2, 0) is 0 Å². The molecule has 3 N–H and O–H groups in total. The highest BCUT2D eigenvalue weighted by Gasteiger charge is 2.07. The molecule has 22 heavy (non-hydrogen) atoms. The van der Waals surface area contributed by atoms with Crippen LogP contribution >= 0.6 is 12.2 Å². The molecule has 2 aromatic rings. The van der Waals surface area contributed by atoms with Gasteiger partial charge in [-0.3, -0.25) is 15.4 Å². The van der Waals surface area contributed by atoms with E-state index in [-0.39, 0.29) is 16.7 Å². The van der Waals surface area contributed by atoms with Gasteiger partial charge in [-0.25, -0.2) is 4.79 Å². The lowest BCUT2D eigenvalue weighted by atomic mass is 10.2. The molecule has 0 radical (unpaired) electrons. The van der Waals surface area contributed by atoms with E-state index in [1.54, 1.807) is 42.5 Å². The summed E-state index contributed by atoms with van der Waals surface area (Å²) < 4.78 is 12.3. The van der Waals surface area contributed by atoms with Crippen molar-refractivity contribution in [3.63, 3.8) is 0 Å². The van der Waals surface area contributed by atoms with Crippen molar-refractivity contribution in [2.45, 2.75) is 0 Å². The van der Waals surface area contributed by atoms with Gasteiger partial charge < -0.3 is 5.32 Å². The second kappa shape index (κ2) is 7.28. The largest absolute Gasteiger partial charge is 0.401 e. The van der Waals surface area contributed by atoms with Gasteiger partial charge in [-0.15, -0.1) is 4.39 Å². The second-order valence-corrected chi connectivity index (χ2v) is 4.66. The van der Waals surface area contributed by atoms with Crippen LogP contribution in [0.3, 0.4) is 0 Å². The van der Waals surface area contributed by atoms with Gasteiger partial charge in [-0.2, -0.15) is 0 Å². The van der Waals surface area contributed by atoms with Crippen LogP contribution in [0.5, 0.6) is 0 Å². The molecule has 0 aliphatic carbocycles. The quantitative estimate of drug-likeness (QED) is 0.461. The maximum Gasteiger partial charge on any atom is 0.401 e. The highest BCUT2D eigenvalue weighted by molar-refractivity contribution is 7.80. The Kier molecular flexibility index (Phi) is 5.16. The number of halogens is 1. The molecule has 0 atom stereocenters. The normalized spacial score (nSPS) is 9.68. The Bertz CT molecular complexity index is 707. The molecule has 0 spiro atoms. The van der Waals surface area contributed by atoms with Crippen LogP contribution < -0.4 is 16.0 Å². The van der Waals surface area contributed by atoms with Crippen molar-refractivity contribution >= 4 is 40.8 Å². The number of amides is 2. The fraction of sp³-hybridized carbons (Fsp3) is 0. The van der Waals surface area contributed by atoms with Crippen LogP contribution in [0.4, 0.5) is 20.6 Å². The predicted molar refractivity (Wildman–Crippen MR) is 86.7 cm³/mol. The van der Waals surface area contributed by atoms with E-state index in [0.717, 1.165) is 0 Å². The minimum absolute atomic E-state index is 0.0950. The van der Waals surface area contributed by atoms with E-state index in [4.69, 9.17) is 12.2 Å². The monoisotopic (exact) mass is 317 g/mol. The zero-order chi connectivity index (χ0) is 15.9. The summed E-state index contributed by atoms with van der Waals surface area (Å²) in [6.45, 7) is 0. The van der Waals surface area contributed by atoms with Crippen molar-refractivity contribution in [2.75, 3.05) is 10.6 Å². The summed E-state index contributed by atoms with van der Waals surface area (Å²) in [4.78, 5) is 22.3. The molecule has 0 heterocycles. The predicted octanol–water partition coefficient (Wildman–Crippen LogP) is 3.31. The lowest BCUT2D eigenvalue weighted by Gasteiger charge is -2.10. The molecule has 5 nitrogen and oxygen atoms in total. The minimum atomic E-state index is -1.66. The van der Waals surface area contributed by atoms with Gasteiger partial charge in [0.15, 0.2) is 5.11 Å². The van der Waals surface area contributed by atoms with E-state index in [2.05, 4.69) is 10.6 Å². The molecule has 2 rings (SSSR count). The zero-order valence-corrected chi connectivity index (χ0v) is 12.1. The molecule has 0 saturated heterocycles. The maximum absolute atomic E-state index is 12.3. The highest BCUT2D eigenvalue weighted by atomic mass is 32.1. The molecule has 2 aromatic carbocycles. The number of hydrogen-bond donors (Lipinski definition) is 3. The average molecular weight is 317 g/mol. The molecule has 112 valence electrons. The van der Waals surface area contributed by atoms with Gasteiger partial charge in [-0.1, -0.05) is 24.3 Å². The number of benzene rings is 2. The zero-order valence-electron chi connectivity index (χ0n) is 11.3. The maximum atomic E-state index is 12.3. The first-order valence-corrected chi connectivity index (χ1v) is 6.69. The summed E-state index contributed by atoms with van der Waals surface area (Å²) in [5, 5.41) is 7.41. The third kappa shape index (κ3) is 4.64. The Morgan fingerprint density at radius 2 is 1.55 bits per heavy atom. The molecule has 0 bridgehead atoms. The number of nitrogens with one attached hydrogen (secondary N) is 3. The highest BCUT2D eigenvalue weighted by Crippen LogP contribution is 2.15. The van der Waals surface area contributed by atoms with E-state index in [9.17, 15) is 14.0 Å². The number of rotatable bonds is 3. The third-order valence-corrected chi connectivity index (χ3v) is 2.83. The Morgan fingerprint density at radius 3 is 2.18 bits per heavy atom. The van der Waals surface area contributed by atoms with Crippen molar-refractivity contribution < 1.29 is 14.0 Å². The van der Waals surface area contributed by atoms with Gasteiger partial charge >= 0.3 is 6.16 Å². The van der Waals surface area contributed by atoms with Crippen molar-refractivity contribution in [3.8, 4) is 0 Å². The summed E-state index contributed by atoms with van der Waals surface area (Å²) in [7, 11) is 0. The third-order valence-electron chi connectivity index (χ3n) is 2.63. The van der Waals surface area contributed by atoms with E-state index in [1.807, 2.05) is 5.32 Å². The summed E-state index contributed by atoms with van der Waals surface area (Å²) in [6, 6.07) is 14.9. The van der Waals surface area contributed by atoms with E-state index in [0.29, 0.717) is 11.3 Å². The summed E-state index contributed by atoms with van der Waals surface area (Å²) in [5.74, 6) is -0.341. The molecule has 0 saturated carbocycles. The lowest BCUT2D eigenvalue weighted by molar-refractivity contribution is 0.0977. The van der Waals surface area contributed by atoms with Gasteiger partial charge in [0, 0.05) is 16.9 Å². The number of carbonyl (C=O) groups is 2.